The lowest BCUT2D eigenvalue weighted by atomic mass is 10.1. The molecule has 0 bridgehead atoms. The molecule has 0 N–H and O–H groups in total. The van der Waals surface area contributed by atoms with Crippen molar-refractivity contribution < 1.29 is 4.39 Å². The predicted octanol–water partition coefficient (Wildman–Crippen LogP) is 6.17. The highest BCUT2D eigenvalue weighted by Gasteiger charge is 2.15. The minimum atomic E-state index is -0.332. The van der Waals surface area contributed by atoms with E-state index in [1.54, 1.807) is 10.5 Å². The van der Waals surface area contributed by atoms with Crippen LogP contribution in [0.25, 0.3) is 16.4 Å². The summed E-state index contributed by atoms with van der Waals surface area (Å²) in [5.41, 5.74) is 2.24. The first-order valence-corrected chi connectivity index (χ1v) is 8.20. The normalized spacial score (nSPS) is 12.0. The Morgan fingerprint density at radius 3 is 2.60 bits per heavy atom. The molecule has 0 saturated carbocycles. The van der Waals surface area contributed by atoms with Crippen LogP contribution in [0.15, 0.2) is 71.0 Å². The molecule has 0 saturated heterocycles. The highest BCUT2D eigenvalue weighted by Crippen LogP contribution is 2.31. The SMILES string of the molecule is CC(C)c1nc2ccc(F)cn2c1N=Nc1cccc2ccccc12. The number of aromatic nitrogens is 2. The van der Waals surface area contributed by atoms with Gasteiger partial charge in [0.05, 0.1) is 11.4 Å². The van der Waals surface area contributed by atoms with Crippen LogP contribution in [0.5, 0.6) is 0 Å². The molecule has 4 rings (SSSR count). The van der Waals surface area contributed by atoms with Crippen molar-refractivity contribution in [1.82, 2.24) is 9.38 Å². The second kappa shape index (κ2) is 6.09. The van der Waals surface area contributed by atoms with Crippen LogP contribution in [0, 0.1) is 5.82 Å². The van der Waals surface area contributed by atoms with Gasteiger partial charge in [0.25, 0.3) is 0 Å². The zero-order chi connectivity index (χ0) is 17.4. The number of nitrogens with zero attached hydrogens (tertiary/aromatic N) is 4. The van der Waals surface area contributed by atoms with Crippen molar-refractivity contribution in [3.05, 3.63) is 72.3 Å². The molecule has 0 fully saturated rings. The highest BCUT2D eigenvalue weighted by atomic mass is 19.1. The van der Waals surface area contributed by atoms with Crippen LogP contribution in [0.2, 0.25) is 0 Å². The van der Waals surface area contributed by atoms with Crippen molar-refractivity contribution in [1.29, 1.82) is 0 Å². The number of rotatable bonds is 3. The fourth-order valence-corrected chi connectivity index (χ4v) is 2.91. The molecule has 4 aromatic rings. The average Bonchev–Trinajstić information content (AvgIpc) is 2.98. The van der Waals surface area contributed by atoms with E-state index >= 15 is 0 Å². The first-order chi connectivity index (χ1) is 12.1. The number of fused-ring (bicyclic) bond motifs is 2. The van der Waals surface area contributed by atoms with Crippen LogP contribution in [0.4, 0.5) is 15.9 Å². The molecule has 0 amide bonds. The van der Waals surface area contributed by atoms with Gasteiger partial charge in [-0.25, -0.2) is 9.37 Å². The largest absolute Gasteiger partial charge is 0.280 e. The second-order valence-corrected chi connectivity index (χ2v) is 6.25. The van der Waals surface area contributed by atoms with Gasteiger partial charge in [0.15, 0.2) is 5.82 Å². The van der Waals surface area contributed by atoms with E-state index in [0.717, 1.165) is 22.2 Å². The Morgan fingerprint density at radius 1 is 0.960 bits per heavy atom. The van der Waals surface area contributed by atoms with E-state index < -0.39 is 0 Å². The molecule has 0 aliphatic heterocycles. The van der Waals surface area contributed by atoms with Crippen molar-refractivity contribution in [3.8, 4) is 0 Å². The fraction of sp³-hybridized carbons (Fsp3) is 0.150. The Labute approximate surface area is 144 Å². The van der Waals surface area contributed by atoms with Crippen molar-refractivity contribution in [3.63, 3.8) is 0 Å². The van der Waals surface area contributed by atoms with E-state index in [2.05, 4.69) is 15.2 Å². The summed E-state index contributed by atoms with van der Waals surface area (Å²) in [4.78, 5) is 4.57. The number of halogens is 1. The van der Waals surface area contributed by atoms with Gasteiger partial charge in [-0.1, -0.05) is 50.2 Å². The Morgan fingerprint density at radius 2 is 1.76 bits per heavy atom. The molecular formula is C20H17FN4. The molecule has 0 spiro atoms. The predicted molar refractivity (Wildman–Crippen MR) is 97.4 cm³/mol. The lowest BCUT2D eigenvalue weighted by Crippen LogP contribution is -1.88. The molecule has 2 heterocycles. The van der Waals surface area contributed by atoms with Crippen molar-refractivity contribution in [2.45, 2.75) is 19.8 Å². The molecule has 0 unspecified atom stereocenters. The van der Waals surface area contributed by atoms with Crippen LogP contribution < -0.4 is 0 Å². The fourth-order valence-electron chi connectivity index (χ4n) is 2.91. The number of azo groups is 1. The lowest BCUT2D eigenvalue weighted by Gasteiger charge is -2.03. The number of hydrogen-bond acceptors (Lipinski definition) is 3. The van der Waals surface area contributed by atoms with Gasteiger partial charge in [0.1, 0.15) is 11.5 Å². The zero-order valence-electron chi connectivity index (χ0n) is 14.0. The van der Waals surface area contributed by atoms with E-state index in [4.69, 9.17) is 0 Å². The van der Waals surface area contributed by atoms with Gasteiger partial charge in [-0.15, -0.1) is 10.2 Å². The summed E-state index contributed by atoms with van der Waals surface area (Å²) in [6, 6.07) is 17.0. The molecule has 2 aromatic carbocycles. The third-order valence-electron chi connectivity index (χ3n) is 4.15. The summed E-state index contributed by atoms with van der Waals surface area (Å²) in [5.74, 6) is 0.392. The van der Waals surface area contributed by atoms with Gasteiger partial charge < -0.3 is 0 Å². The maximum atomic E-state index is 13.7. The van der Waals surface area contributed by atoms with E-state index in [0.29, 0.717) is 11.5 Å². The Hall–Kier alpha value is -3.08. The highest BCUT2D eigenvalue weighted by molar-refractivity contribution is 5.92. The quantitative estimate of drug-likeness (QED) is 0.414. The molecule has 2 aromatic heterocycles. The lowest BCUT2D eigenvalue weighted by molar-refractivity contribution is 0.619. The van der Waals surface area contributed by atoms with Crippen LogP contribution >= 0.6 is 0 Å². The van der Waals surface area contributed by atoms with Crippen molar-refractivity contribution >= 4 is 27.9 Å². The van der Waals surface area contributed by atoms with Crippen LogP contribution in [0.1, 0.15) is 25.5 Å². The molecule has 124 valence electrons. The van der Waals surface area contributed by atoms with Crippen molar-refractivity contribution in [2.75, 3.05) is 0 Å². The van der Waals surface area contributed by atoms with Gasteiger partial charge in [0.2, 0.25) is 0 Å². The maximum absolute atomic E-state index is 13.7. The number of hydrogen-bond donors (Lipinski definition) is 0. The molecule has 0 aliphatic rings. The second-order valence-electron chi connectivity index (χ2n) is 6.25. The summed E-state index contributed by atoms with van der Waals surface area (Å²) >= 11 is 0. The van der Waals surface area contributed by atoms with Gasteiger partial charge in [-0.2, -0.15) is 0 Å². The topological polar surface area (TPSA) is 42.0 Å². The number of imidazole rings is 1. The maximum Gasteiger partial charge on any atom is 0.183 e. The van der Waals surface area contributed by atoms with Gasteiger partial charge in [-0.05, 0) is 29.5 Å². The smallest absolute Gasteiger partial charge is 0.183 e. The first-order valence-electron chi connectivity index (χ1n) is 8.20. The molecule has 25 heavy (non-hydrogen) atoms. The first kappa shape index (κ1) is 15.4. The van der Waals surface area contributed by atoms with Crippen molar-refractivity contribution in [2.24, 2.45) is 10.2 Å². The molecule has 5 heteroatoms. The zero-order valence-corrected chi connectivity index (χ0v) is 14.0. The third kappa shape index (κ3) is 2.78. The number of benzene rings is 2. The number of pyridine rings is 1. The monoisotopic (exact) mass is 332 g/mol. The summed E-state index contributed by atoms with van der Waals surface area (Å²) in [5, 5.41) is 11.0. The molecule has 0 atom stereocenters. The molecule has 4 nitrogen and oxygen atoms in total. The summed E-state index contributed by atoms with van der Waals surface area (Å²) in [7, 11) is 0. The van der Waals surface area contributed by atoms with Crippen LogP contribution in [-0.2, 0) is 0 Å². The van der Waals surface area contributed by atoms with Gasteiger partial charge in [0, 0.05) is 11.6 Å². The average molecular weight is 332 g/mol. The molecule has 0 aliphatic carbocycles. The van der Waals surface area contributed by atoms with Crippen LogP contribution in [0.3, 0.4) is 0 Å². The van der Waals surface area contributed by atoms with Crippen LogP contribution in [-0.4, -0.2) is 9.38 Å². The summed E-state index contributed by atoms with van der Waals surface area (Å²) in [6.45, 7) is 4.07. The standard InChI is InChI=1S/C20H17FN4/c1-13(2)19-20(25-12-15(21)10-11-18(25)22-19)24-23-17-9-5-7-14-6-3-4-8-16(14)17/h3-13H,1-2H3. The van der Waals surface area contributed by atoms with Gasteiger partial charge >= 0.3 is 0 Å². The van der Waals surface area contributed by atoms with E-state index in [-0.39, 0.29) is 11.7 Å². The van der Waals surface area contributed by atoms with Gasteiger partial charge in [-0.3, -0.25) is 4.40 Å². The summed E-state index contributed by atoms with van der Waals surface area (Å²) < 4.78 is 15.3. The van der Waals surface area contributed by atoms with E-state index in [1.807, 2.05) is 56.3 Å². The molecule has 0 radical (unpaired) electrons. The summed E-state index contributed by atoms with van der Waals surface area (Å²) in [6.07, 6.45) is 1.39. The third-order valence-corrected chi connectivity index (χ3v) is 4.15. The Balaban J connectivity index is 1.88. The van der Waals surface area contributed by atoms with E-state index in [1.165, 1.54) is 12.3 Å². The minimum Gasteiger partial charge on any atom is -0.280 e. The Bertz CT molecular complexity index is 1090. The minimum absolute atomic E-state index is 0.157. The van der Waals surface area contributed by atoms with E-state index in [9.17, 15) is 4.39 Å². The Kier molecular flexibility index (Phi) is 3.76. The molecular weight excluding hydrogens is 315 g/mol.